The lowest BCUT2D eigenvalue weighted by atomic mass is 10.2. The molecular weight excluding hydrogens is 226 g/mol. The molecule has 0 fully saturated rings. The molecule has 0 saturated carbocycles. The van der Waals surface area contributed by atoms with Crippen LogP contribution in [0.15, 0.2) is 0 Å². The fraction of sp³-hybridized carbons (Fsp3) is 0.727. The Morgan fingerprint density at radius 2 is 1.76 bits per heavy atom. The van der Waals surface area contributed by atoms with Crippen LogP contribution in [0.25, 0.3) is 0 Å². The molecule has 0 rings (SSSR count). The molecule has 0 aromatic heterocycles. The fourth-order valence-corrected chi connectivity index (χ4v) is 1.15. The summed E-state index contributed by atoms with van der Waals surface area (Å²) in [6, 6.07) is -1.10. The molecule has 0 heterocycles. The van der Waals surface area contributed by atoms with Crippen molar-refractivity contribution in [2.45, 2.75) is 51.5 Å². The van der Waals surface area contributed by atoms with Crippen LogP contribution in [-0.2, 0) is 19.1 Å². The molecule has 0 radical (unpaired) electrons. The van der Waals surface area contributed by atoms with Crippen molar-refractivity contribution in [3.8, 4) is 0 Å². The molecule has 0 bridgehead atoms. The zero-order valence-electron chi connectivity index (χ0n) is 9.98. The van der Waals surface area contributed by atoms with E-state index in [1.165, 1.54) is 0 Å². The van der Waals surface area contributed by atoms with Crippen LogP contribution in [0.4, 0.5) is 0 Å². The summed E-state index contributed by atoms with van der Waals surface area (Å²) in [5.41, 5.74) is 5.20. The molecule has 0 amide bonds. The number of unbranched alkanes of at least 4 members (excludes halogenated alkanes) is 2. The SMILES string of the molecule is CCCCCC(=O)OC(=O)CC[C@H](N)C(=O)O. The number of hydrogen-bond donors (Lipinski definition) is 2. The lowest BCUT2D eigenvalue weighted by Gasteiger charge is -2.05. The lowest BCUT2D eigenvalue weighted by Crippen LogP contribution is -2.30. The zero-order chi connectivity index (χ0) is 13.3. The Morgan fingerprint density at radius 3 is 2.29 bits per heavy atom. The van der Waals surface area contributed by atoms with E-state index in [1.807, 2.05) is 6.92 Å². The molecule has 0 spiro atoms. The van der Waals surface area contributed by atoms with Crippen LogP contribution in [0.1, 0.15) is 45.4 Å². The number of aliphatic carboxylic acids is 1. The van der Waals surface area contributed by atoms with Gasteiger partial charge in [-0.3, -0.25) is 14.4 Å². The summed E-state index contributed by atoms with van der Waals surface area (Å²) < 4.78 is 4.50. The van der Waals surface area contributed by atoms with Crippen LogP contribution in [0.5, 0.6) is 0 Å². The highest BCUT2D eigenvalue weighted by molar-refractivity contribution is 5.85. The smallest absolute Gasteiger partial charge is 0.320 e. The number of hydrogen-bond acceptors (Lipinski definition) is 5. The summed E-state index contributed by atoms with van der Waals surface area (Å²) in [4.78, 5) is 32.6. The van der Waals surface area contributed by atoms with E-state index in [0.29, 0.717) is 6.42 Å². The summed E-state index contributed by atoms with van der Waals surface area (Å²) >= 11 is 0. The molecule has 0 saturated heterocycles. The van der Waals surface area contributed by atoms with Crippen LogP contribution in [0.2, 0.25) is 0 Å². The summed E-state index contributed by atoms with van der Waals surface area (Å²) in [5.74, 6) is -2.46. The average molecular weight is 245 g/mol. The molecule has 0 aromatic carbocycles. The van der Waals surface area contributed by atoms with Gasteiger partial charge >= 0.3 is 17.9 Å². The van der Waals surface area contributed by atoms with E-state index >= 15 is 0 Å². The first kappa shape index (κ1) is 15.6. The fourth-order valence-electron chi connectivity index (χ4n) is 1.15. The third-order valence-corrected chi connectivity index (χ3v) is 2.19. The third kappa shape index (κ3) is 8.38. The standard InChI is InChI=1S/C11H19NO5/c1-2-3-4-5-9(13)17-10(14)7-6-8(12)11(15)16/h8H,2-7,12H2,1H3,(H,15,16)/t8-/m0/s1. The molecule has 0 unspecified atom stereocenters. The Kier molecular flexibility index (Phi) is 7.96. The van der Waals surface area contributed by atoms with Crippen LogP contribution in [0, 0.1) is 0 Å². The molecule has 6 heteroatoms. The first-order valence-corrected chi connectivity index (χ1v) is 5.69. The largest absolute Gasteiger partial charge is 0.480 e. The topological polar surface area (TPSA) is 107 Å². The maximum absolute atomic E-state index is 11.1. The van der Waals surface area contributed by atoms with E-state index in [-0.39, 0.29) is 19.3 Å². The summed E-state index contributed by atoms with van der Waals surface area (Å²) in [6.45, 7) is 2.00. The monoisotopic (exact) mass is 245 g/mol. The van der Waals surface area contributed by atoms with Gasteiger partial charge < -0.3 is 15.6 Å². The van der Waals surface area contributed by atoms with Gasteiger partial charge in [-0.05, 0) is 12.8 Å². The Hall–Kier alpha value is -1.43. The van der Waals surface area contributed by atoms with Crippen LogP contribution in [0.3, 0.4) is 0 Å². The first-order chi connectivity index (χ1) is 7.97. The molecule has 0 aliphatic rings. The molecule has 17 heavy (non-hydrogen) atoms. The molecule has 0 aromatic rings. The number of nitrogens with two attached hydrogens (primary N) is 1. The molecule has 6 nitrogen and oxygen atoms in total. The Balaban J connectivity index is 3.71. The number of carboxylic acids is 1. The lowest BCUT2D eigenvalue weighted by molar-refractivity contribution is -0.159. The number of carbonyl (C=O) groups is 3. The van der Waals surface area contributed by atoms with E-state index < -0.39 is 23.9 Å². The van der Waals surface area contributed by atoms with Crippen LogP contribution >= 0.6 is 0 Å². The van der Waals surface area contributed by atoms with E-state index in [9.17, 15) is 14.4 Å². The van der Waals surface area contributed by atoms with Gasteiger partial charge in [0.05, 0.1) is 0 Å². The highest BCUT2D eigenvalue weighted by Crippen LogP contribution is 2.03. The van der Waals surface area contributed by atoms with E-state index in [4.69, 9.17) is 10.8 Å². The second-order valence-electron chi connectivity index (χ2n) is 3.79. The van der Waals surface area contributed by atoms with Crippen molar-refractivity contribution < 1.29 is 24.2 Å². The quantitative estimate of drug-likeness (QED) is 0.372. The van der Waals surface area contributed by atoms with Crippen molar-refractivity contribution in [1.29, 1.82) is 0 Å². The zero-order valence-corrected chi connectivity index (χ0v) is 9.98. The van der Waals surface area contributed by atoms with Crippen LogP contribution < -0.4 is 5.73 Å². The second kappa shape index (κ2) is 8.69. The Morgan fingerprint density at radius 1 is 1.18 bits per heavy atom. The Labute approximate surface area is 100 Å². The van der Waals surface area contributed by atoms with Gasteiger partial charge in [0.25, 0.3) is 0 Å². The molecule has 0 aliphatic carbocycles. The predicted molar refractivity (Wildman–Crippen MR) is 60.1 cm³/mol. The molecular formula is C11H19NO5. The third-order valence-electron chi connectivity index (χ3n) is 2.19. The van der Waals surface area contributed by atoms with Crippen molar-refractivity contribution in [3.63, 3.8) is 0 Å². The summed E-state index contributed by atoms with van der Waals surface area (Å²) in [6.07, 6.45) is 2.60. The van der Waals surface area contributed by atoms with Crippen molar-refractivity contribution in [1.82, 2.24) is 0 Å². The van der Waals surface area contributed by atoms with Crippen molar-refractivity contribution in [2.75, 3.05) is 0 Å². The van der Waals surface area contributed by atoms with Gasteiger partial charge in [-0.15, -0.1) is 0 Å². The molecule has 98 valence electrons. The molecule has 1 atom stereocenters. The maximum atomic E-state index is 11.1. The molecule has 3 N–H and O–H groups in total. The highest BCUT2D eigenvalue weighted by atomic mass is 16.6. The predicted octanol–water partition coefficient (Wildman–Crippen LogP) is 0.829. The minimum Gasteiger partial charge on any atom is -0.480 e. The summed E-state index contributed by atoms with van der Waals surface area (Å²) in [7, 11) is 0. The van der Waals surface area contributed by atoms with Gasteiger partial charge in [-0.2, -0.15) is 0 Å². The molecule has 0 aliphatic heterocycles. The van der Waals surface area contributed by atoms with Crippen LogP contribution in [-0.4, -0.2) is 29.1 Å². The highest BCUT2D eigenvalue weighted by Gasteiger charge is 2.16. The van der Waals surface area contributed by atoms with Gasteiger partial charge in [-0.1, -0.05) is 19.8 Å². The number of rotatable bonds is 8. The second-order valence-corrected chi connectivity index (χ2v) is 3.79. The van der Waals surface area contributed by atoms with Gasteiger partial charge in [0.1, 0.15) is 6.04 Å². The van der Waals surface area contributed by atoms with E-state index in [0.717, 1.165) is 12.8 Å². The maximum Gasteiger partial charge on any atom is 0.320 e. The number of esters is 2. The van der Waals surface area contributed by atoms with Crippen molar-refractivity contribution in [3.05, 3.63) is 0 Å². The van der Waals surface area contributed by atoms with Crippen molar-refractivity contribution >= 4 is 17.9 Å². The summed E-state index contributed by atoms with van der Waals surface area (Å²) in [5, 5.41) is 8.48. The number of ether oxygens (including phenoxy) is 1. The average Bonchev–Trinajstić information content (AvgIpc) is 2.26. The first-order valence-electron chi connectivity index (χ1n) is 5.69. The van der Waals surface area contributed by atoms with E-state index in [1.54, 1.807) is 0 Å². The number of carboxylic acid groups (broad SMARTS) is 1. The normalized spacial score (nSPS) is 11.9. The number of carbonyl (C=O) groups excluding carboxylic acids is 2. The van der Waals surface area contributed by atoms with Gasteiger partial charge in [0.2, 0.25) is 0 Å². The van der Waals surface area contributed by atoms with Crippen molar-refractivity contribution in [2.24, 2.45) is 5.73 Å². The minimum atomic E-state index is -1.17. The minimum absolute atomic E-state index is 0.0313. The van der Waals surface area contributed by atoms with Gasteiger partial charge in [-0.25, -0.2) is 0 Å². The van der Waals surface area contributed by atoms with E-state index in [2.05, 4.69) is 4.74 Å². The Bertz CT molecular complexity index is 277. The van der Waals surface area contributed by atoms with Gasteiger partial charge in [0, 0.05) is 12.8 Å². The van der Waals surface area contributed by atoms with Gasteiger partial charge in [0.15, 0.2) is 0 Å².